The zero-order chi connectivity index (χ0) is 18.8. The van der Waals surface area contributed by atoms with Gasteiger partial charge in [-0.3, -0.25) is 0 Å². The number of ether oxygens (including phenoxy) is 4. The van der Waals surface area contributed by atoms with E-state index in [-0.39, 0.29) is 12.2 Å². The molecule has 0 atom stereocenters. The van der Waals surface area contributed by atoms with E-state index in [1.165, 1.54) is 0 Å². The van der Waals surface area contributed by atoms with Crippen molar-refractivity contribution in [3.05, 3.63) is 12.2 Å². The highest BCUT2D eigenvalue weighted by Crippen LogP contribution is 2.21. The van der Waals surface area contributed by atoms with Crippen molar-refractivity contribution in [3.63, 3.8) is 0 Å². The molecule has 8 heteroatoms. The molecule has 0 aromatic heterocycles. The molecular weight excluding hydrogens is 344 g/mol. The maximum absolute atomic E-state index is 11.5. The van der Waals surface area contributed by atoms with Crippen molar-refractivity contribution < 1.29 is 38.1 Å². The Morgan fingerprint density at radius 1 is 0.654 bits per heavy atom. The number of hydrogen-bond donors (Lipinski definition) is 0. The van der Waals surface area contributed by atoms with Crippen LogP contribution in [0.1, 0.15) is 51.4 Å². The Morgan fingerprint density at radius 2 is 1.00 bits per heavy atom. The molecule has 2 fully saturated rings. The summed E-state index contributed by atoms with van der Waals surface area (Å²) < 4.78 is 19.6. The van der Waals surface area contributed by atoms with Crippen LogP contribution >= 0.6 is 0 Å². The van der Waals surface area contributed by atoms with E-state index in [1.807, 2.05) is 0 Å². The zero-order valence-corrected chi connectivity index (χ0v) is 14.6. The number of rotatable bonds is 8. The number of hydrogen-bond acceptors (Lipinski definition) is 8. The predicted octanol–water partition coefficient (Wildman–Crippen LogP) is 1.60. The highest BCUT2D eigenvalue weighted by Gasteiger charge is 2.20. The minimum absolute atomic E-state index is 0.101. The summed E-state index contributed by atoms with van der Waals surface area (Å²) in [5, 5.41) is 0. The first-order valence-corrected chi connectivity index (χ1v) is 8.93. The molecule has 0 saturated heterocycles. The Morgan fingerprint density at radius 3 is 1.35 bits per heavy atom. The molecule has 144 valence electrons. The Labute approximate surface area is 151 Å². The van der Waals surface area contributed by atoms with Gasteiger partial charge < -0.3 is 18.9 Å². The van der Waals surface area contributed by atoms with Crippen molar-refractivity contribution in [3.8, 4) is 0 Å². The van der Waals surface area contributed by atoms with Crippen LogP contribution in [0.3, 0.4) is 0 Å². The third-order valence-electron chi connectivity index (χ3n) is 4.22. The first-order valence-electron chi connectivity index (χ1n) is 8.93. The molecule has 8 nitrogen and oxygen atoms in total. The van der Waals surface area contributed by atoms with E-state index < -0.39 is 37.1 Å². The fourth-order valence-corrected chi connectivity index (χ4v) is 2.94. The minimum atomic E-state index is -0.876. The molecule has 0 heterocycles. The lowest BCUT2D eigenvalue weighted by molar-refractivity contribution is -0.160. The lowest BCUT2D eigenvalue weighted by Crippen LogP contribution is -2.21. The van der Waals surface area contributed by atoms with Crippen LogP contribution in [0.25, 0.3) is 0 Å². The van der Waals surface area contributed by atoms with Crippen LogP contribution in [0.5, 0.6) is 0 Å². The number of carbonyl (C=O) groups is 4. The first kappa shape index (κ1) is 19.9. The van der Waals surface area contributed by atoms with Gasteiger partial charge in [0.25, 0.3) is 0 Å². The lowest BCUT2D eigenvalue weighted by Gasteiger charge is -2.11. The molecule has 0 aromatic rings. The van der Waals surface area contributed by atoms with E-state index in [9.17, 15) is 19.2 Å². The van der Waals surface area contributed by atoms with E-state index in [0.29, 0.717) is 0 Å². The van der Waals surface area contributed by atoms with Crippen LogP contribution < -0.4 is 0 Å². The minimum Gasteiger partial charge on any atom is -0.460 e. The van der Waals surface area contributed by atoms with Crippen molar-refractivity contribution in [2.75, 3.05) is 13.2 Å². The van der Waals surface area contributed by atoms with Gasteiger partial charge in [0.1, 0.15) is 12.2 Å². The van der Waals surface area contributed by atoms with Gasteiger partial charge in [-0.15, -0.1) is 0 Å². The van der Waals surface area contributed by atoms with Crippen LogP contribution in [0, 0.1) is 0 Å². The first-order chi connectivity index (χ1) is 12.5. The molecule has 2 aliphatic carbocycles. The largest absolute Gasteiger partial charge is 0.460 e. The summed E-state index contributed by atoms with van der Waals surface area (Å²) in [6.45, 7) is -1.02. The molecule has 0 N–H and O–H groups in total. The zero-order valence-electron chi connectivity index (χ0n) is 14.6. The molecule has 0 radical (unpaired) electrons. The molecule has 0 aliphatic heterocycles. The van der Waals surface area contributed by atoms with Gasteiger partial charge in [0.2, 0.25) is 0 Å². The standard InChI is InChI=1S/C18H24O8/c19-15(23-11-17(21)25-13-5-1-2-6-13)9-10-16(20)24-12-18(22)26-14-7-3-4-8-14/h9-10,13-14H,1-8,11-12H2/b10-9+. The van der Waals surface area contributed by atoms with E-state index >= 15 is 0 Å². The second kappa shape index (κ2) is 10.6. The second-order valence-electron chi connectivity index (χ2n) is 6.34. The topological polar surface area (TPSA) is 105 Å². The van der Waals surface area contributed by atoms with Gasteiger partial charge in [-0.1, -0.05) is 0 Å². The Bertz CT molecular complexity index is 493. The van der Waals surface area contributed by atoms with Gasteiger partial charge in [-0.2, -0.15) is 0 Å². The van der Waals surface area contributed by atoms with Gasteiger partial charge >= 0.3 is 23.9 Å². The lowest BCUT2D eigenvalue weighted by atomic mass is 10.3. The summed E-state index contributed by atoms with van der Waals surface area (Å²) in [4.78, 5) is 45.9. The smallest absolute Gasteiger partial charge is 0.344 e. The van der Waals surface area contributed by atoms with E-state index in [1.54, 1.807) is 0 Å². The Hall–Kier alpha value is -2.38. The third-order valence-corrected chi connectivity index (χ3v) is 4.22. The van der Waals surface area contributed by atoms with E-state index in [4.69, 9.17) is 9.47 Å². The highest BCUT2D eigenvalue weighted by molar-refractivity contribution is 5.93. The van der Waals surface area contributed by atoms with Crippen LogP contribution in [0.15, 0.2) is 12.2 Å². The van der Waals surface area contributed by atoms with Gasteiger partial charge in [-0.05, 0) is 51.4 Å². The summed E-state index contributed by atoms with van der Waals surface area (Å²) in [5.41, 5.74) is 0. The SMILES string of the molecule is O=C(/C=C/C(=O)OCC(=O)OC1CCCC1)OCC(=O)OC1CCCC1. The van der Waals surface area contributed by atoms with E-state index in [2.05, 4.69) is 9.47 Å². The molecule has 0 aromatic carbocycles. The van der Waals surface area contributed by atoms with E-state index in [0.717, 1.165) is 63.5 Å². The molecule has 0 unspecified atom stereocenters. The fourth-order valence-electron chi connectivity index (χ4n) is 2.94. The quantitative estimate of drug-likeness (QED) is 0.361. The molecule has 0 amide bonds. The molecule has 0 bridgehead atoms. The van der Waals surface area contributed by atoms with Gasteiger partial charge in [0.05, 0.1) is 0 Å². The Balaban J connectivity index is 1.56. The molecule has 26 heavy (non-hydrogen) atoms. The van der Waals surface area contributed by atoms with Crippen LogP contribution in [0.4, 0.5) is 0 Å². The average Bonchev–Trinajstić information content (AvgIpc) is 3.30. The molecule has 2 saturated carbocycles. The summed E-state index contributed by atoms with van der Waals surface area (Å²) >= 11 is 0. The number of carbonyl (C=O) groups excluding carboxylic acids is 4. The summed E-state index contributed by atoms with van der Waals surface area (Å²) in [5.74, 6) is -2.98. The van der Waals surface area contributed by atoms with Crippen molar-refractivity contribution in [2.45, 2.75) is 63.6 Å². The predicted molar refractivity (Wildman–Crippen MR) is 87.8 cm³/mol. The molecule has 2 aliphatic rings. The molecule has 2 rings (SSSR count). The summed E-state index contributed by atoms with van der Waals surface area (Å²) in [6.07, 6.45) is 8.86. The van der Waals surface area contributed by atoms with Gasteiger partial charge in [0.15, 0.2) is 13.2 Å². The van der Waals surface area contributed by atoms with Crippen molar-refractivity contribution in [1.29, 1.82) is 0 Å². The molecule has 0 spiro atoms. The van der Waals surface area contributed by atoms with Crippen LogP contribution in [-0.4, -0.2) is 49.3 Å². The average molecular weight is 368 g/mol. The fraction of sp³-hybridized carbons (Fsp3) is 0.667. The van der Waals surface area contributed by atoms with Crippen molar-refractivity contribution in [2.24, 2.45) is 0 Å². The third kappa shape index (κ3) is 7.67. The maximum atomic E-state index is 11.5. The van der Waals surface area contributed by atoms with Gasteiger partial charge in [-0.25, -0.2) is 19.2 Å². The van der Waals surface area contributed by atoms with Crippen molar-refractivity contribution in [1.82, 2.24) is 0 Å². The highest BCUT2D eigenvalue weighted by atomic mass is 16.6. The van der Waals surface area contributed by atoms with Crippen molar-refractivity contribution >= 4 is 23.9 Å². The monoisotopic (exact) mass is 368 g/mol. The molecular formula is C18H24O8. The Kier molecular flexibility index (Phi) is 8.11. The summed E-state index contributed by atoms with van der Waals surface area (Å²) in [7, 11) is 0. The van der Waals surface area contributed by atoms with Crippen LogP contribution in [0.2, 0.25) is 0 Å². The maximum Gasteiger partial charge on any atom is 0.344 e. The van der Waals surface area contributed by atoms with Crippen LogP contribution in [-0.2, 0) is 38.1 Å². The summed E-state index contributed by atoms with van der Waals surface area (Å²) in [6, 6.07) is 0. The normalized spacial score (nSPS) is 18.0. The van der Waals surface area contributed by atoms with Gasteiger partial charge in [0, 0.05) is 12.2 Å². The second-order valence-corrected chi connectivity index (χ2v) is 6.34. The number of esters is 4.